The monoisotopic (exact) mass is 496 g/mol. The quantitative estimate of drug-likeness (QED) is 0.257. The van der Waals surface area contributed by atoms with Gasteiger partial charge in [-0.05, 0) is 41.3 Å². The number of hydrogen-bond acceptors (Lipinski definition) is 2. The highest BCUT2D eigenvalue weighted by atomic mass is 35.5. The second kappa shape index (κ2) is 9.38. The van der Waals surface area contributed by atoms with Crippen molar-refractivity contribution < 1.29 is 31.0 Å². The first-order valence-electron chi connectivity index (χ1n) is 9.02. The topological polar surface area (TPSA) is 34.1 Å². The van der Waals surface area contributed by atoms with E-state index in [0.29, 0.717) is 11.5 Å². The van der Waals surface area contributed by atoms with Gasteiger partial charge in [-0.1, -0.05) is 41.4 Å². The molecule has 0 radical (unpaired) electrons. The Hall–Kier alpha value is -1.77. The van der Waals surface area contributed by atoms with Gasteiger partial charge in [-0.2, -0.15) is 13.2 Å². The molecule has 0 aliphatic carbocycles. The van der Waals surface area contributed by atoms with Crippen LogP contribution in [0.25, 0.3) is 6.08 Å². The Morgan fingerprint density at radius 1 is 1.13 bits per heavy atom. The Balaban J connectivity index is 1.82. The fraction of sp³-hybridized carbons (Fsp3) is 0.286. The summed E-state index contributed by atoms with van der Waals surface area (Å²) >= 11 is 11.2. The normalized spacial score (nSPS) is 20.0. The van der Waals surface area contributed by atoms with E-state index in [2.05, 4.69) is 0 Å². The molecule has 0 bridgehead atoms. The van der Waals surface area contributed by atoms with Crippen molar-refractivity contribution in [1.82, 2.24) is 0 Å². The summed E-state index contributed by atoms with van der Waals surface area (Å²) in [5.74, 6) is -3.72. The van der Waals surface area contributed by atoms with Crippen molar-refractivity contribution in [2.45, 2.75) is 18.5 Å². The lowest BCUT2D eigenvalue weighted by Crippen LogP contribution is -2.32. The molecule has 0 saturated carbocycles. The van der Waals surface area contributed by atoms with E-state index >= 15 is 0 Å². The molecule has 1 fully saturated rings. The molecule has 3 rings (SSSR count). The third-order valence-corrected chi connectivity index (χ3v) is 7.05. The van der Waals surface area contributed by atoms with Gasteiger partial charge in [-0.15, -0.1) is 0 Å². The SMILES string of the molecule is O=C(CC1CS(=O)C1)c1ccc(/C=C/C(c2cc(Cl)c(F)c(Cl)c2)C(F)(F)F)cc1F. The molecule has 1 saturated heterocycles. The zero-order chi connectivity index (χ0) is 22.9. The van der Waals surface area contributed by atoms with Crippen molar-refractivity contribution in [3.8, 4) is 0 Å². The lowest BCUT2D eigenvalue weighted by atomic mass is 9.96. The van der Waals surface area contributed by atoms with Crippen molar-refractivity contribution in [3.63, 3.8) is 0 Å². The zero-order valence-corrected chi connectivity index (χ0v) is 18.0. The minimum Gasteiger partial charge on any atom is -0.294 e. The van der Waals surface area contributed by atoms with Crippen LogP contribution in [0.3, 0.4) is 0 Å². The van der Waals surface area contributed by atoms with E-state index in [9.17, 15) is 31.0 Å². The van der Waals surface area contributed by atoms with Crippen LogP contribution >= 0.6 is 23.2 Å². The molecule has 1 aliphatic rings. The molecule has 0 N–H and O–H groups in total. The highest BCUT2D eigenvalue weighted by Gasteiger charge is 2.39. The van der Waals surface area contributed by atoms with Gasteiger partial charge in [-0.25, -0.2) is 8.78 Å². The maximum absolute atomic E-state index is 14.4. The molecule has 0 amide bonds. The number of carbonyl (C=O) groups is 1. The van der Waals surface area contributed by atoms with E-state index in [4.69, 9.17) is 23.2 Å². The maximum Gasteiger partial charge on any atom is 0.399 e. The number of rotatable bonds is 6. The molecule has 2 nitrogen and oxygen atoms in total. The zero-order valence-electron chi connectivity index (χ0n) is 15.7. The van der Waals surface area contributed by atoms with Crippen LogP contribution in [-0.4, -0.2) is 27.7 Å². The lowest BCUT2D eigenvalue weighted by Gasteiger charge is -2.23. The highest BCUT2D eigenvalue weighted by Crippen LogP contribution is 2.39. The largest absolute Gasteiger partial charge is 0.399 e. The maximum atomic E-state index is 14.4. The molecule has 1 unspecified atom stereocenters. The van der Waals surface area contributed by atoms with Gasteiger partial charge in [0.1, 0.15) is 5.82 Å². The van der Waals surface area contributed by atoms with Gasteiger partial charge >= 0.3 is 6.18 Å². The van der Waals surface area contributed by atoms with E-state index in [1.165, 1.54) is 12.1 Å². The van der Waals surface area contributed by atoms with Crippen molar-refractivity contribution >= 4 is 45.9 Å². The Morgan fingerprint density at radius 3 is 2.26 bits per heavy atom. The number of Topliss-reactive ketones (excluding diaryl/α,β-unsaturated/α-hetero) is 1. The van der Waals surface area contributed by atoms with Crippen molar-refractivity contribution in [2.75, 3.05) is 11.5 Å². The van der Waals surface area contributed by atoms with E-state index in [0.717, 1.165) is 30.4 Å². The summed E-state index contributed by atoms with van der Waals surface area (Å²) in [4.78, 5) is 12.2. The van der Waals surface area contributed by atoms with Gasteiger partial charge in [0.25, 0.3) is 0 Å². The third kappa shape index (κ3) is 5.73. The average molecular weight is 497 g/mol. The lowest BCUT2D eigenvalue weighted by molar-refractivity contribution is -0.139. The first-order chi connectivity index (χ1) is 14.5. The Bertz CT molecular complexity index is 1040. The van der Waals surface area contributed by atoms with Crippen LogP contribution in [0.15, 0.2) is 36.4 Å². The number of carbonyl (C=O) groups excluding carboxylic acids is 1. The number of allylic oxidation sites excluding steroid dienone is 1. The second-order valence-corrected chi connectivity index (χ2v) is 9.54. The molecule has 2 aromatic rings. The molecule has 1 heterocycles. The van der Waals surface area contributed by atoms with E-state index < -0.39 is 50.4 Å². The van der Waals surface area contributed by atoms with Crippen LogP contribution in [0, 0.1) is 17.6 Å². The summed E-state index contributed by atoms with van der Waals surface area (Å²) in [6, 6.07) is 5.16. The second-order valence-electron chi connectivity index (χ2n) is 7.18. The van der Waals surface area contributed by atoms with Crippen molar-refractivity contribution in [2.24, 2.45) is 5.92 Å². The summed E-state index contributed by atoms with van der Waals surface area (Å²) in [5, 5.41) is -1.09. The standard InChI is InChI=1S/C21H15Cl2F5O2S/c22-16-7-13(8-17(23)20(16)25)15(21(26,27)28)4-2-11-1-3-14(18(24)5-11)19(29)6-12-9-31(30)10-12/h1-5,7-8,12,15H,6,9-10H2/b4-2+. The highest BCUT2D eigenvalue weighted by molar-refractivity contribution is 7.86. The molecule has 2 aromatic carbocycles. The molecular weight excluding hydrogens is 482 g/mol. The number of alkyl halides is 3. The Labute approximate surface area is 187 Å². The summed E-state index contributed by atoms with van der Waals surface area (Å²) < 4.78 is 79.6. The van der Waals surface area contributed by atoms with Crippen molar-refractivity contribution in [1.29, 1.82) is 0 Å². The van der Waals surface area contributed by atoms with Crippen LogP contribution in [0.2, 0.25) is 10.0 Å². The number of benzene rings is 2. The first kappa shape index (κ1) is 23.9. The molecule has 0 aromatic heterocycles. The Morgan fingerprint density at radius 2 is 1.74 bits per heavy atom. The summed E-state index contributed by atoms with van der Waals surface area (Å²) in [5.41, 5.74) is -0.433. The van der Waals surface area contributed by atoms with Gasteiger partial charge in [0, 0.05) is 28.7 Å². The predicted octanol–water partition coefficient (Wildman–Crippen LogP) is 6.58. The molecule has 0 spiro atoms. The summed E-state index contributed by atoms with van der Waals surface area (Å²) in [6.45, 7) is 0. The van der Waals surface area contributed by atoms with Crippen LogP contribution < -0.4 is 0 Å². The van der Waals surface area contributed by atoms with Crippen LogP contribution in [0.4, 0.5) is 22.0 Å². The van der Waals surface area contributed by atoms with E-state index in [-0.39, 0.29) is 29.0 Å². The minimum atomic E-state index is -4.74. The van der Waals surface area contributed by atoms with Crippen LogP contribution in [-0.2, 0) is 10.8 Å². The summed E-state index contributed by atoms with van der Waals surface area (Å²) in [7, 11) is -0.923. The molecule has 10 heteroatoms. The number of ketones is 1. The van der Waals surface area contributed by atoms with Gasteiger partial charge in [0.2, 0.25) is 0 Å². The third-order valence-electron chi connectivity index (χ3n) is 4.81. The van der Waals surface area contributed by atoms with E-state index in [1.807, 2.05) is 0 Å². The van der Waals surface area contributed by atoms with Gasteiger partial charge in [0.05, 0.1) is 21.5 Å². The predicted molar refractivity (Wildman–Crippen MR) is 111 cm³/mol. The summed E-state index contributed by atoms with van der Waals surface area (Å²) in [6.07, 6.45) is -2.84. The van der Waals surface area contributed by atoms with E-state index in [1.54, 1.807) is 0 Å². The Kier molecular flexibility index (Phi) is 7.23. The van der Waals surface area contributed by atoms with Crippen molar-refractivity contribution in [3.05, 3.63) is 74.8 Å². The van der Waals surface area contributed by atoms with Crippen LogP contribution in [0.1, 0.15) is 33.8 Å². The number of hydrogen-bond donors (Lipinski definition) is 0. The molecular formula is C21H15Cl2F5O2S. The average Bonchev–Trinajstić information content (AvgIpc) is 2.63. The van der Waals surface area contributed by atoms with Gasteiger partial charge < -0.3 is 0 Å². The smallest absolute Gasteiger partial charge is 0.294 e. The van der Waals surface area contributed by atoms with Crippen LogP contribution in [0.5, 0.6) is 0 Å². The molecule has 1 atom stereocenters. The van der Waals surface area contributed by atoms with Gasteiger partial charge in [-0.3, -0.25) is 9.00 Å². The fourth-order valence-electron chi connectivity index (χ4n) is 3.20. The molecule has 1 aliphatic heterocycles. The van der Waals surface area contributed by atoms with Gasteiger partial charge in [0.15, 0.2) is 11.6 Å². The minimum absolute atomic E-state index is 0.0470. The molecule has 31 heavy (non-hydrogen) atoms. The first-order valence-corrected chi connectivity index (χ1v) is 11.3. The fourth-order valence-corrected chi connectivity index (χ4v) is 4.89. The molecule has 166 valence electrons. The number of halogens is 7.